The standard InChI is InChI=1S/C15H14FN5O/c1-3-20(12-6-4-11(16)5-7-12)14(22)13-18-15-17-9-8-10(2)21(15)19-13/h4-9H,3H2,1-2H3. The molecule has 0 spiro atoms. The Bertz CT molecular complexity index is 828. The Balaban J connectivity index is 1.99. The van der Waals surface area contributed by atoms with Gasteiger partial charge in [-0.05, 0) is 44.2 Å². The smallest absolute Gasteiger partial charge is 0.298 e. The van der Waals surface area contributed by atoms with Gasteiger partial charge < -0.3 is 4.90 Å². The molecule has 112 valence electrons. The van der Waals surface area contributed by atoms with Gasteiger partial charge in [-0.2, -0.15) is 4.98 Å². The van der Waals surface area contributed by atoms with Gasteiger partial charge in [-0.1, -0.05) is 0 Å². The average Bonchev–Trinajstić information content (AvgIpc) is 2.95. The van der Waals surface area contributed by atoms with E-state index >= 15 is 0 Å². The lowest BCUT2D eigenvalue weighted by Crippen LogP contribution is -2.31. The van der Waals surface area contributed by atoms with Crippen LogP contribution in [-0.4, -0.2) is 32.0 Å². The zero-order valence-corrected chi connectivity index (χ0v) is 12.2. The number of carbonyl (C=O) groups is 1. The summed E-state index contributed by atoms with van der Waals surface area (Å²) >= 11 is 0. The highest BCUT2D eigenvalue weighted by Gasteiger charge is 2.21. The van der Waals surface area contributed by atoms with E-state index in [1.54, 1.807) is 24.4 Å². The van der Waals surface area contributed by atoms with Crippen LogP contribution in [0.1, 0.15) is 23.2 Å². The molecular weight excluding hydrogens is 285 g/mol. The molecule has 0 saturated heterocycles. The highest BCUT2D eigenvalue weighted by atomic mass is 19.1. The first-order valence-corrected chi connectivity index (χ1v) is 6.86. The molecule has 0 aliphatic carbocycles. The first kappa shape index (κ1) is 14.1. The Morgan fingerprint density at radius 3 is 2.64 bits per heavy atom. The fourth-order valence-corrected chi connectivity index (χ4v) is 2.18. The zero-order chi connectivity index (χ0) is 15.7. The van der Waals surface area contributed by atoms with Gasteiger partial charge in [0, 0.05) is 24.1 Å². The maximum Gasteiger partial charge on any atom is 0.298 e. The van der Waals surface area contributed by atoms with E-state index in [0.717, 1.165) is 5.69 Å². The van der Waals surface area contributed by atoms with Crippen molar-refractivity contribution in [3.05, 3.63) is 53.9 Å². The number of nitrogens with zero attached hydrogens (tertiary/aromatic N) is 5. The number of carbonyl (C=O) groups excluding carboxylic acids is 1. The molecule has 0 radical (unpaired) electrons. The largest absolute Gasteiger partial charge is 0.306 e. The first-order valence-electron chi connectivity index (χ1n) is 6.86. The molecule has 0 saturated carbocycles. The quantitative estimate of drug-likeness (QED) is 0.744. The van der Waals surface area contributed by atoms with Gasteiger partial charge in [0.15, 0.2) is 0 Å². The van der Waals surface area contributed by atoms with Crippen LogP contribution in [0.3, 0.4) is 0 Å². The van der Waals surface area contributed by atoms with Crippen LogP contribution in [0.5, 0.6) is 0 Å². The van der Waals surface area contributed by atoms with Crippen molar-refractivity contribution < 1.29 is 9.18 Å². The minimum absolute atomic E-state index is 0.0629. The number of halogens is 1. The SMILES string of the molecule is CCN(C(=O)c1nc2nccc(C)n2n1)c1ccc(F)cc1. The number of aryl methyl sites for hydroxylation is 1. The molecule has 0 aliphatic heterocycles. The van der Waals surface area contributed by atoms with Gasteiger partial charge in [0.25, 0.3) is 11.7 Å². The number of aromatic nitrogens is 4. The van der Waals surface area contributed by atoms with E-state index in [4.69, 9.17) is 0 Å². The average molecular weight is 299 g/mol. The fraction of sp³-hybridized carbons (Fsp3) is 0.200. The molecule has 3 rings (SSSR count). The van der Waals surface area contributed by atoms with Crippen molar-refractivity contribution in [1.82, 2.24) is 19.6 Å². The molecule has 0 bridgehead atoms. The number of fused-ring (bicyclic) bond motifs is 1. The zero-order valence-electron chi connectivity index (χ0n) is 12.2. The molecule has 2 heterocycles. The third-order valence-corrected chi connectivity index (χ3v) is 3.32. The number of hydrogen-bond donors (Lipinski definition) is 0. The van der Waals surface area contributed by atoms with Crippen molar-refractivity contribution in [1.29, 1.82) is 0 Å². The molecule has 1 aromatic carbocycles. The van der Waals surface area contributed by atoms with Crippen molar-refractivity contribution in [3.63, 3.8) is 0 Å². The van der Waals surface area contributed by atoms with Gasteiger partial charge in [-0.25, -0.2) is 13.9 Å². The van der Waals surface area contributed by atoms with Crippen molar-refractivity contribution in [2.45, 2.75) is 13.8 Å². The van der Waals surface area contributed by atoms with Crippen LogP contribution in [0.2, 0.25) is 0 Å². The summed E-state index contributed by atoms with van der Waals surface area (Å²) in [5.74, 6) is -0.261. The van der Waals surface area contributed by atoms with Crippen molar-refractivity contribution in [2.24, 2.45) is 0 Å². The summed E-state index contributed by atoms with van der Waals surface area (Å²) < 4.78 is 14.5. The molecule has 0 unspecified atom stereocenters. The lowest BCUT2D eigenvalue weighted by molar-refractivity contribution is 0.0978. The van der Waals surface area contributed by atoms with Crippen LogP contribution in [0.15, 0.2) is 36.5 Å². The van der Waals surface area contributed by atoms with Crippen LogP contribution in [0.25, 0.3) is 5.78 Å². The maximum atomic E-state index is 13.0. The molecule has 6 nitrogen and oxygen atoms in total. The Labute approximate surface area is 126 Å². The van der Waals surface area contributed by atoms with Gasteiger partial charge in [0.1, 0.15) is 5.82 Å². The van der Waals surface area contributed by atoms with Gasteiger partial charge in [0.05, 0.1) is 0 Å². The molecule has 7 heteroatoms. The van der Waals surface area contributed by atoms with E-state index < -0.39 is 0 Å². The highest BCUT2D eigenvalue weighted by Crippen LogP contribution is 2.17. The number of anilines is 1. The predicted molar refractivity (Wildman–Crippen MR) is 79.3 cm³/mol. The summed E-state index contributed by atoms with van der Waals surface area (Å²) in [4.78, 5) is 22.3. The molecule has 0 fully saturated rings. The lowest BCUT2D eigenvalue weighted by Gasteiger charge is -2.19. The molecule has 1 amide bonds. The first-order chi connectivity index (χ1) is 10.6. The topological polar surface area (TPSA) is 63.4 Å². The fourth-order valence-electron chi connectivity index (χ4n) is 2.18. The lowest BCUT2D eigenvalue weighted by atomic mass is 10.2. The second-order valence-electron chi connectivity index (χ2n) is 4.76. The van der Waals surface area contributed by atoms with Crippen LogP contribution >= 0.6 is 0 Å². The highest BCUT2D eigenvalue weighted by molar-refractivity contribution is 6.03. The molecule has 0 atom stereocenters. The van der Waals surface area contributed by atoms with Gasteiger partial charge in [-0.15, -0.1) is 5.10 Å². The van der Waals surface area contributed by atoms with Crippen LogP contribution in [-0.2, 0) is 0 Å². The van der Waals surface area contributed by atoms with E-state index in [1.807, 2.05) is 13.8 Å². The Kier molecular flexibility index (Phi) is 3.54. The Morgan fingerprint density at radius 1 is 1.27 bits per heavy atom. The second kappa shape index (κ2) is 5.51. The van der Waals surface area contributed by atoms with E-state index in [-0.39, 0.29) is 17.5 Å². The summed E-state index contributed by atoms with van der Waals surface area (Å²) in [6.07, 6.45) is 1.62. The Morgan fingerprint density at radius 2 is 2.00 bits per heavy atom. The second-order valence-corrected chi connectivity index (χ2v) is 4.76. The molecule has 0 aliphatic rings. The molecule has 3 aromatic rings. The minimum atomic E-state index is -0.349. The third kappa shape index (κ3) is 2.41. The van der Waals surface area contributed by atoms with Crippen molar-refractivity contribution in [3.8, 4) is 0 Å². The van der Waals surface area contributed by atoms with Crippen LogP contribution < -0.4 is 4.90 Å². The summed E-state index contributed by atoms with van der Waals surface area (Å²) in [5, 5.41) is 4.20. The van der Waals surface area contributed by atoms with Crippen LogP contribution in [0, 0.1) is 12.7 Å². The molecule has 0 N–H and O–H groups in total. The number of rotatable bonds is 3. The van der Waals surface area contributed by atoms with Gasteiger partial charge in [-0.3, -0.25) is 4.79 Å². The van der Waals surface area contributed by atoms with Crippen molar-refractivity contribution in [2.75, 3.05) is 11.4 Å². The minimum Gasteiger partial charge on any atom is -0.306 e. The van der Waals surface area contributed by atoms with Gasteiger partial charge >= 0.3 is 0 Å². The number of benzene rings is 1. The molecule has 2 aromatic heterocycles. The molecular formula is C15H14FN5O. The van der Waals surface area contributed by atoms with Gasteiger partial charge in [0.2, 0.25) is 5.82 Å². The van der Waals surface area contributed by atoms with E-state index in [1.165, 1.54) is 21.5 Å². The summed E-state index contributed by atoms with van der Waals surface area (Å²) in [6.45, 7) is 4.11. The maximum absolute atomic E-state index is 13.0. The normalized spacial score (nSPS) is 10.9. The number of hydrogen-bond acceptors (Lipinski definition) is 4. The summed E-state index contributed by atoms with van der Waals surface area (Å²) in [5.41, 5.74) is 1.43. The van der Waals surface area contributed by atoms with Crippen LogP contribution in [0.4, 0.5) is 10.1 Å². The third-order valence-electron chi connectivity index (χ3n) is 3.32. The molecule has 22 heavy (non-hydrogen) atoms. The van der Waals surface area contributed by atoms with E-state index in [9.17, 15) is 9.18 Å². The van der Waals surface area contributed by atoms with Crippen molar-refractivity contribution >= 4 is 17.4 Å². The summed E-state index contributed by atoms with van der Waals surface area (Å²) in [6, 6.07) is 7.52. The monoisotopic (exact) mass is 299 g/mol. The Hall–Kier alpha value is -2.83. The van der Waals surface area contributed by atoms with E-state index in [0.29, 0.717) is 18.0 Å². The predicted octanol–water partition coefficient (Wildman–Crippen LogP) is 2.24. The summed E-state index contributed by atoms with van der Waals surface area (Å²) in [7, 11) is 0. The number of amides is 1. The van der Waals surface area contributed by atoms with E-state index in [2.05, 4.69) is 15.1 Å².